The lowest BCUT2D eigenvalue weighted by Gasteiger charge is -2.18. The average molecular weight is 847 g/mol. The lowest BCUT2D eigenvalue weighted by atomic mass is 10.1. The van der Waals surface area contributed by atoms with Crippen LogP contribution in [-0.2, 0) is 28.6 Å². The first kappa shape index (κ1) is 57.3. The summed E-state index contributed by atoms with van der Waals surface area (Å²) in [5.41, 5.74) is 0. The molecule has 0 aliphatic heterocycles. The maximum absolute atomic E-state index is 12.7. The van der Waals surface area contributed by atoms with Crippen LogP contribution >= 0.6 is 0 Å². The largest absolute Gasteiger partial charge is 0.462 e. The van der Waals surface area contributed by atoms with Gasteiger partial charge in [-0.2, -0.15) is 0 Å². The summed E-state index contributed by atoms with van der Waals surface area (Å²) in [7, 11) is 0. The Hall–Kier alpha value is -3.67. The molecule has 61 heavy (non-hydrogen) atoms. The first-order valence-corrected chi connectivity index (χ1v) is 24.8. The molecule has 0 N–H and O–H groups in total. The molecule has 6 nitrogen and oxygen atoms in total. The second-order valence-electron chi connectivity index (χ2n) is 16.1. The summed E-state index contributed by atoms with van der Waals surface area (Å²) in [5, 5.41) is 0. The fourth-order valence-electron chi connectivity index (χ4n) is 6.46. The van der Waals surface area contributed by atoms with Gasteiger partial charge in [-0.1, -0.05) is 208 Å². The third-order valence-corrected chi connectivity index (χ3v) is 10.2. The summed E-state index contributed by atoms with van der Waals surface area (Å²) < 4.78 is 16.7. The number of hydrogen-bond donors (Lipinski definition) is 0. The lowest BCUT2D eigenvalue weighted by Crippen LogP contribution is -2.30. The van der Waals surface area contributed by atoms with Crippen LogP contribution in [0.15, 0.2) is 97.2 Å². The summed E-state index contributed by atoms with van der Waals surface area (Å²) >= 11 is 0. The summed E-state index contributed by atoms with van der Waals surface area (Å²) in [6.07, 6.45) is 64.0. The molecule has 0 saturated heterocycles. The van der Waals surface area contributed by atoms with Crippen molar-refractivity contribution in [2.24, 2.45) is 0 Å². The first-order chi connectivity index (χ1) is 30.0. The van der Waals surface area contributed by atoms with E-state index in [1.54, 1.807) is 0 Å². The molecule has 0 heterocycles. The third-order valence-electron chi connectivity index (χ3n) is 10.2. The number of rotatable bonds is 43. The van der Waals surface area contributed by atoms with E-state index < -0.39 is 6.10 Å². The molecule has 0 aliphatic rings. The fourth-order valence-corrected chi connectivity index (χ4v) is 6.46. The Kier molecular flexibility index (Phi) is 46.0. The van der Waals surface area contributed by atoms with Crippen LogP contribution in [0.25, 0.3) is 0 Å². The summed E-state index contributed by atoms with van der Waals surface area (Å²) in [4.78, 5) is 37.8. The number of hydrogen-bond acceptors (Lipinski definition) is 6. The van der Waals surface area contributed by atoms with E-state index >= 15 is 0 Å². The molecule has 0 bridgehead atoms. The molecule has 0 fully saturated rings. The van der Waals surface area contributed by atoms with Crippen LogP contribution in [0.2, 0.25) is 0 Å². The zero-order valence-corrected chi connectivity index (χ0v) is 39.4. The van der Waals surface area contributed by atoms with E-state index in [1.165, 1.54) is 103 Å². The number of esters is 3. The van der Waals surface area contributed by atoms with Crippen molar-refractivity contribution in [3.05, 3.63) is 97.2 Å². The van der Waals surface area contributed by atoms with Crippen LogP contribution in [0.5, 0.6) is 0 Å². The van der Waals surface area contributed by atoms with Crippen molar-refractivity contribution in [1.82, 2.24) is 0 Å². The van der Waals surface area contributed by atoms with Crippen LogP contribution < -0.4 is 0 Å². The van der Waals surface area contributed by atoms with Gasteiger partial charge in [0.05, 0.1) is 0 Å². The zero-order chi connectivity index (χ0) is 44.4. The predicted octanol–water partition coefficient (Wildman–Crippen LogP) is 16.2. The van der Waals surface area contributed by atoms with Gasteiger partial charge in [0.25, 0.3) is 0 Å². The second-order valence-corrected chi connectivity index (χ2v) is 16.1. The molecular formula is C55H90O6. The summed E-state index contributed by atoms with van der Waals surface area (Å²) in [6, 6.07) is 0. The Morgan fingerprint density at radius 2 is 0.672 bits per heavy atom. The maximum Gasteiger partial charge on any atom is 0.306 e. The monoisotopic (exact) mass is 847 g/mol. The number of carbonyl (C=O) groups excluding carboxylic acids is 3. The van der Waals surface area contributed by atoms with Crippen LogP contribution in [0.4, 0.5) is 0 Å². The minimum Gasteiger partial charge on any atom is -0.462 e. The van der Waals surface area contributed by atoms with Gasteiger partial charge < -0.3 is 14.2 Å². The molecule has 0 aromatic rings. The Balaban J connectivity index is 4.42. The van der Waals surface area contributed by atoms with E-state index in [2.05, 4.69) is 69.4 Å². The Morgan fingerprint density at radius 3 is 1.18 bits per heavy atom. The molecule has 0 amide bonds. The van der Waals surface area contributed by atoms with Crippen LogP contribution in [0, 0.1) is 0 Å². The molecule has 6 heteroatoms. The van der Waals surface area contributed by atoms with Crippen molar-refractivity contribution in [3.8, 4) is 0 Å². The summed E-state index contributed by atoms with van der Waals surface area (Å²) in [5.74, 6) is -0.995. The molecule has 346 valence electrons. The molecule has 0 spiro atoms. The van der Waals surface area contributed by atoms with Crippen LogP contribution in [0.3, 0.4) is 0 Å². The van der Waals surface area contributed by atoms with Crippen LogP contribution in [-0.4, -0.2) is 37.2 Å². The Morgan fingerprint density at radius 1 is 0.344 bits per heavy atom. The molecular weight excluding hydrogens is 757 g/mol. The minimum atomic E-state index is -0.811. The zero-order valence-electron chi connectivity index (χ0n) is 39.4. The van der Waals surface area contributed by atoms with Gasteiger partial charge in [-0.15, -0.1) is 0 Å². The number of carbonyl (C=O) groups is 3. The van der Waals surface area contributed by atoms with Crippen LogP contribution in [0.1, 0.15) is 213 Å². The van der Waals surface area contributed by atoms with Gasteiger partial charge in [0.1, 0.15) is 13.2 Å². The number of ether oxygens (including phenoxy) is 3. The van der Waals surface area contributed by atoms with Gasteiger partial charge in [0, 0.05) is 19.3 Å². The quantitative estimate of drug-likeness (QED) is 0.0200. The highest BCUT2D eigenvalue weighted by atomic mass is 16.6. The van der Waals surface area contributed by atoms with Crippen molar-refractivity contribution in [2.45, 2.75) is 219 Å². The molecule has 0 aliphatic carbocycles. The van der Waals surface area contributed by atoms with E-state index in [4.69, 9.17) is 14.2 Å². The van der Waals surface area contributed by atoms with Crippen molar-refractivity contribution >= 4 is 17.9 Å². The van der Waals surface area contributed by atoms with E-state index in [-0.39, 0.29) is 37.5 Å². The molecule has 0 aromatic heterocycles. The van der Waals surface area contributed by atoms with Gasteiger partial charge in [-0.3, -0.25) is 14.4 Å². The SMILES string of the molecule is CC\C=C/C=C\C=C/C=C\C=C/CCCCCC(=O)OC(COC(=O)CCC/C=C\CCCCCC)COC(=O)CCCCCCCCCCCC/C=C\C=C/CCCCC. The Labute approximate surface area is 375 Å². The second kappa shape index (κ2) is 49.0. The molecule has 1 atom stereocenters. The topological polar surface area (TPSA) is 78.9 Å². The third kappa shape index (κ3) is 47.2. The predicted molar refractivity (Wildman–Crippen MR) is 260 cm³/mol. The van der Waals surface area contributed by atoms with E-state index in [0.717, 1.165) is 57.8 Å². The van der Waals surface area contributed by atoms with Gasteiger partial charge in [0.2, 0.25) is 0 Å². The number of allylic oxidation sites excluding steroid dienone is 16. The number of unbranched alkanes of at least 4 members (excludes halogenated alkanes) is 21. The van der Waals surface area contributed by atoms with Gasteiger partial charge >= 0.3 is 17.9 Å². The van der Waals surface area contributed by atoms with E-state index in [9.17, 15) is 14.4 Å². The lowest BCUT2D eigenvalue weighted by molar-refractivity contribution is -0.167. The first-order valence-electron chi connectivity index (χ1n) is 24.8. The van der Waals surface area contributed by atoms with E-state index in [0.29, 0.717) is 25.7 Å². The fraction of sp³-hybridized carbons (Fsp3) is 0.655. The molecule has 0 radical (unpaired) electrons. The van der Waals surface area contributed by atoms with Gasteiger partial charge in [-0.25, -0.2) is 0 Å². The molecule has 0 aromatic carbocycles. The molecule has 0 rings (SSSR count). The highest BCUT2D eigenvalue weighted by Crippen LogP contribution is 2.14. The highest BCUT2D eigenvalue weighted by molar-refractivity contribution is 5.71. The maximum atomic E-state index is 12.7. The standard InChI is InChI=1S/C55H90O6/c1-4-7-10-13-16-19-21-23-25-26-27-28-30-31-33-36-39-42-45-48-54(57)60-51-52(50-59-53(56)47-44-41-38-35-18-15-12-9-6-3)61-55(58)49-46-43-40-37-34-32-29-24-22-20-17-14-11-8-5-2/h8,11,14,16-17,19-24,29,32,34-35,38,52H,4-7,9-10,12-13,15,18,25-28,30-31,33,36-37,39-51H2,1-3H3/b11-8-,17-14-,19-16-,22-20-,23-21-,29-24-,34-32-,38-35-. The van der Waals surface area contributed by atoms with E-state index in [1.807, 2.05) is 48.6 Å². The highest BCUT2D eigenvalue weighted by Gasteiger charge is 2.19. The molecule has 0 saturated carbocycles. The van der Waals surface area contributed by atoms with Crippen molar-refractivity contribution in [3.63, 3.8) is 0 Å². The smallest absolute Gasteiger partial charge is 0.306 e. The normalized spacial score (nSPS) is 12.9. The average Bonchev–Trinajstić information content (AvgIpc) is 3.26. The molecule has 1 unspecified atom stereocenters. The summed E-state index contributed by atoms with van der Waals surface area (Å²) in [6.45, 7) is 6.35. The van der Waals surface area contributed by atoms with Gasteiger partial charge in [-0.05, 0) is 83.5 Å². The van der Waals surface area contributed by atoms with Crippen molar-refractivity contribution in [2.75, 3.05) is 13.2 Å². The van der Waals surface area contributed by atoms with Gasteiger partial charge in [0.15, 0.2) is 6.10 Å². The minimum absolute atomic E-state index is 0.106. The van der Waals surface area contributed by atoms with Crippen molar-refractivity contribution in [1.29, 1.82) is 0 Å². The Bertz CT molecular complexity index is 1250. The van der Waals surface area contributed by atoms with Crippen molar-refractivity contribution < 1.29 is 28.6 Å².